The fraction of sp³-hybridized carbons (Fsp3) is 0.889. The van der Waals surface area contributed by atoms with E-state index in [9.17, 15) is 4.79 Å². The minimum atomic E-state index is 0.249. The third-order valence-corrected chi connectivity index (χ3v) is 2.44. The zero-order valence-corrected chi connectivity index (χ0v) is 7.55. The van der Waals surface area contributed by atoms with Crippen molar-refractivity contribution in [2.45, 2.75) is 39.7 Å². The van der Waals surface area contributed by atoms with Crippen LogP contribution < -0.4 is 5.32 Å². The van der Waals surface area contributed by atoms with E-state index >= 15 is 0 Å². The summed E-state index contributed by atoms with van der Waals surface area (Å²) in [6.07, 6.45) is 2.19. The van der Waals surface area contributed by atoms with E-state index in [-0.39, 0.29) is 11.8 Å². The largest absolute Gasteiger partial charge is 0.353 e. The molecule has 0 radical (unpaired) electrons. The van der Waals surface area contributed by atoms with Crippen LogP contribution in [0, 0.1) is 11.8 Å². The highest BCUT2D eigenvalue weighted by atomic mass is 16.2. The molecule has 1 fully saturated rings. The maximum atomic E-state index is 11.3. The van der Waals surface area contributed by atoms with Crippen LogP contribution >= 0.6 is 0 Å². The Labute approximate surface area is 68.4 Å². The molecule has 1 saturated heterocycles. The molecule has 2 nitrogen and oxygen atoms in total. The number of rotatable bonds is 1. The third-order valence-electron chi connectivity index (χ3n) is 2.44. The Balaban J connectivity index is 2.51. The van der Waals surface area contributed by atoms with Gasteiger partial charge in [-0.3, -0.25) is 4.79 Å². The Hall–Kier alpha value is -0.530. The lowest BCUT2D eigenvalue weighted by Crippen LogP contribution is -2.44. The highest BCUT2D eigenvalue weighted by molar-refractivity contribution is 5.79. The van der Waals surface area contributed by atoms with Gasteiger partial charge in [0.05, 0.1) is 0 Å². The number of nitrogens with one attached hydrogen (secondary N) is 1. The van der Waals surface area contributed by atoms with Gasteiger partial charge in [-0.15, -0.1) is 0 Å². The molecule has 2 unspecified atom stereocenters. The van der Waals surface area contributed by atoms with Crippen molar-refractivity contribution < 1.29 is 4.79 Å². The van der Waals surface area contributed by atoms with Crippen molar-refractivity contribution in [3.63, 3.8) is 0 Å². The molecule has 11 heavy (non-hydrogen) atoms. The molecule has 2 atom stereocenters. The van der Waals surface area contributed by atoms with Gasteiger partial charge in [-0.05, 0) is 25.7 Å². The molecule has 1 rings (SSSR count). The average Bonchev–Trinajstić information content (AvgIpc) is 1.85. The predicted octanol–water partition coefficient (Wildman–Crippen LogP) is 1.56. The monoisotopic (exact) mass is 155 g/mol. The van der Waals surface area contributed by atoms with Gasteiger partial charge in [0, 0.05) is 12.0 Å². The van der Waals surface area contributed by atoms with Gasteiger partial charge in [0.15, 0.2) is 0 Å². The van der Waals surface area contributed by atoms with Crippen molar-refractivity contribution >= 4 is 5.91 Å². The number of amides is 1. The molecule has 0 aromatic rings. The summed E-state index contributed by atoms with van der Waals surface area (Å²) in [7, 11) is 0. The smallest absolute Gasteiger partial charge is 0.223 e. The predicted molar refractivity (Wildman–Crippen MR) is 45.2 cm³/mol. The van der Waals surface area contributed by atoms with E-state index < -0.39 is 0 Å². The van der Waals surface area contributed by atoms with Crippen LogP contribution in [0.5, 0.6) is 0 Å². The number of carbonyl (C=O) groups excluding carboxylic acids is 1. The van der Waals surface area contributed by atoms with Gasteiger partial charge in [0.25, 0.3) is 0 Å². The van der Waals surface area contributed by atoms with E-state index in [2.05, 4.69) is 26.1 Å². The standard InChI is InChI=1S/C9H17NO/c1-6(2)8-5-4-7(3)10-9(8)11/h6-8H,4-5H2,1-3H3,(H,10,11). The normalized spacial score (nSPS) is 32.2. The van der Waals surface area contributed by atoms with E-state index in [0.29, 0.717) is 12.0 Å². The van der Waals surface area contributed by atoms with Crippen LogP contribution in [0.4, 0.5) is 0 Å². The second kappa shape index (κ2) is 3.24. The van der Waals surface area contributed by atoms with Gasteiger partial charge >= 0.3 is 0 Å². The summed E-state index contributed by atoms with van der Waals surface area (Å²) in [6.45, 7) is 6.29. The first kappa shape index (κ1) is 8.57. The van der Waals surface area contributed by atoms with Gasteiger partial charge in [0.1, 0.15) is 0 Å². The van der Waals surface area contributed by atoms with Crippen molar-refractivity contribution in [2.24, 2.45) is 11.8 Å². The van der Waals surface area contributed by atoms with Crippen molar-refractivity contribution in [1.82, 2.24) is 5.32 Å². The van der Waals surface area contributed by atoms with E-state index in [0.717, 1.165) is 12.8 Å². The molecule has 0 aromatic heterocycles. The average molecular weight is 155 g/mol. The quantitative estimate of drug-likeness (QED) is 0.611. The molecule has 1 N–H and O–H groups in total. The lowest BCUT2D eigenvalue weighted by molar-refractivity contribution is -0.129. The summed E-state index contributed by atoms with van der Waals surface area (Å²) < 4.78 is 0. The molecule has 1 aliphatic heterocycles. The first-order chi connectivity index (χ1) is 5.11. The molecule has 0 aliphatic carbocycles. The topological polar surface area (TPSA) is 29.1 Å². The molecule has 1 heterocycles. The minimum absolute atomic E-state index is 0.249. The van der Waals surface area contributed by atoms with Crippen LogP contribution in [0.25, 0.3) is 0 Å². The molecule has 0 saturated carbocycles. The molecule has 1 aliphatic rings. The molecule has 0 bridgehead atoms. The lowest BCUT2D eigenvalue weighted by atomic mass is 9.86. The maximum Gasteiger partial charge on any atom is 0.223 e. The number of hydrogen-bond donors (Lipinski definition) is 1. The number of hydrogen-bond acceptors (Lipinski definition) is 1. The summed E-state index contributed by atoms with van der Waals surface area (Å²) in [5.41, 5.74) is 0. The fourth-order valence-corrected chi connectivity index (χ4v) is 1.62. The first-order valence-corrected chi connectivity index (χ1v) is 4.41. The molecule has 0 aromatic carbocycles. The molecule has 64 valence electrons. The number of piperidine rings is 1. The third kappa shape index (κ3) is 1.95. The summed E-state index contributed by atoms with van der Waals surface area (Å²) in [4.78, 5) is 11.3. The highest BCUT2D eigenvalue weighted by Gasteiger charge is 2.27. The summed E-state index contributed by atoms with van der Waals surface area (Å²) in [6, 6.07) is 0.387. The van der Waals surface area contributed by atoms with Crippen molar-refractivity contribution in [3.05, 3.63) is 0 Å². The van der Waals surface area contributed by atoms with E-state index in [1.807, 2.05) is 0 Å². The van der Waals surface area contributed by atoms with Gasteiger partial charge in [0.2, 0.25) is 5.91 Å². The zero-order valence-electron chi connectivity index (χ0n) is 7.55. The van der Waals surface area contributed by atoms with Crippen molar-refractivity contribution in [1.29, 1.82) is 0 Å². The Morgan fingerprint density at radius 2 is 2.09 bits per heavy atom. The van der Waals surface area contributed by atoms with E-state index in [1.54, 1.807) is 0 Å². The van der Waals surface area contributed by atoms with Gasteiger partial charge in [-0.2, -0.15) is 0 Å². The van der Waals surface area contributed by atoms with Crippen LogP contribution in [-0.2, 0) is 4.79 Å². The van der Waals surface area contributed by atoms with E-state index in [4.69, 9.17) is 0 Å². The summed E-state index contributed by atoms with van der Waals surface area (Å²) in [5.74, 6) is 0.993. The van der Waals surface area contributed by atoms with Crippen LogP contribution in [-0.4, -0.2) is 11.9 Å². The van der Waals surface area contributed by atoms with Crippen LogP contribution in [0.15, 0.2) is 0 Å². The Kier molecular flexibility index (Phi) is 2.53. The van der Waals surface area contributed by atoms with Gasteiger partial charge < -0.3 is 5.32 Å². The van der Waals surface area contributed by atoms with Crippen LogP contribution in [0.2, 0.25) is 0 Å². The molecule has 0 spiro atoms. The Morgan fingerprint density at radius 1 is 1.45 bits per heavy atom. The summed E-state index contributed by atoms with van der Waals surface area (Å²) in [5, 5.41) is 2.97. The fourth-order valence-electron chi connectivity index (χ4n) is 1.62. The van der Waals surface area contributed by atoms with Crippen molar-refractivity contribution in [2.75, 3.05) is 0 Å². The number of carbonyl (C=O) groups is 1. The molecular formula is C9H17NO. The molecule has 1 amide bonds. The summed E-state index contributed by atoms with van der Waals surface area (Å²) >= 11 is 0. The Bertz CT molecular complexity index is 154. The maximum absolute atomic E-state index is 11.3. The second-order valence-corrected chi connectivity index (χ2v) is 3.84. The lowest BCUT2D eigenvalue weighted by Gasteiger charge is -2.28. The molecular weight excluding hydrogens is 138 g/mol. The highest BCUT2D eigenvalue weighted by Crippen LogP contribution is 2.22. The van der Waals surface area contributed by atoms with Crippen LogP contribution in [0.3, 0.4) is 0 Å². The van der Waals surface area contributed by atoms with Gasteiger partial charge in [-0.1, -0.05) is 13.8 Å². The first-order valence-electron chi connectivity index (χ1n) is 4.41. The minimum Gasteiger partial charge on any atom is -0.353 e. The van der Waals surface area contributed by atoms with E-state index in [1.165, 1.54) is 0 Å². The molecule has 2 heteroatoms. The van der Waals surface area contributed by atoms with Gasteiger partial charge in [-0.25, -0.2) is 0 Å². The SMILES string of the molecule is CC1CCC(C(C)C)C(=O)N1. The van der Waals surface area contributed by atoms with Crippen molar-refractivity contribution in [3.8, 4) is 0 Å². The van der Waals surface area contributed by atoms with Crippen LogP contribution in [0.1, 0.15) is 33.6 Å². The zero-order chi connectivity index (χ0) is 8.43. The Morgan fingerprint density at radius 3 is 2.55 bits per heavy atom. The second-order valence-electron chi connectivity index (χ2n) is 3.84.